The van der Waals surface area contributed by atoms with Gasteiger partial charge < -0.3 is 158 Å². The van der Waals surface area contributed by atoms with Gasteiger partial charge in [-0.3, -0.25) is 0 Å². The van der Waals surface area contributed by atoms with E-state index in [9.17, 15) is 61.3 Å². The van der Waals surface area contributed by atoms with Gasteiger partial charge in [0.25, 0.3) is 0 Å². The van der Waals surface area contributed by atoms with Crippen molar-refractivity contribution in [1.82, 2.24) is 29.4 Å². The molecule has 37 nitrogen and oxygen atoms in total. The Morgan fingerprint density at radius 1 is 0.390 bits per heavy atom. The fraction of sp³-hybridized carbons (Fsp3) is 0.629. The Labute approximate surface area is 839 Å². The maximum atomic E-state index is 10.7. The number of nitrogens with zero attached hydrogens (tertiary/aromatic N) is 12. The number of hydrogen-bond acceptors (Lipinski definition) is 37. The van der Waals surface area contributed by atoms with Gasteiger partial charge in [0.1, 0.15) is 142 Å². The Hall–Kier alpha value is -6.24. The zero-order chi connectivity index (χ0) is 107. The molecule has 12 heterocycles. The fourth-order valence-corrected chi connectivity index (χ4v) is 23.0. The van der Waals surface area contributed by atoms with Crippen LogP contribution in [0.15, 0.2) is 177 Å². The lowest BCUT2D eigenvalue weighted by Gasteiger charge is -2.37. The van der Waals surface area contributed by atoms with E-state index < -0.39 is 195 Å². The molecule has 12 aliphatic rings. The first-order valence-corrected chi connectivity index (χ1v) is 68.5. The summed E-state index contributed by atoms with van der Waals surface area (Å²) in [6, 6.07) is 0. The van der Waals surface area contributed by atoms with Crippen molar-refractivity contribution in [3.8, 4) is 0 Å². The van der Waals surface area contributed by atoms with E-state index in [0.717, 1.165) is 48.1 Å². The minimum Gasteiger partial charge on any atom is -0.412 e. The van der Waals surface area contributed by atoms with Gasteiger partial charge in [-0.1, -0.05) is 67.2 Å². The van der Waals surface area contributed by atoms with E-state index in [1.54, 1.807) is 98.7 Å². The number of ether oxygens (including phenoxy) is 6. The quantitative estimate of drug-likeness (QED) is 0.0321. The number of amidine groups is 6. The van der Waals surface area contributed by atoms with Gasteiger partial charge in [-0.2, -0.15) is 0 Å². The maximum absolute atomic E-state index is 10.7. The SMILES string of the molecule is C=C1N=C(N)C(C)=CN1C1O[C@H](CCP(=C)(C)C)[C@@H](O)[C@H]1O.C=C1N=C(N)C(CC)=CN1C1O[C@H](CCP(=C)(C)C)[C@@H](O)[C@H]1O.C=C1N=C(N)C(CO[Si](C)(C)C(C)(C)C)=CN1C1O[C@H](CCP(=C)(C)C)[C@@H](O)[C@H]1O.C=C1N=C(N)C=CN1C1O[C@H](CCP(=C)(C)C)[C@@H](O)[C@@]1(C)O.C=C1N=C(N)C=CN1C1O[C@H](CCP(=C)(C)C)[C@@H](O)[C@]1(C)O.C=C1N=C(N)C=CN1C1O[C@](C)(CCP(=C)(C)C)[C@@H](O)[C@H]1O. The molecule has 0 radical (unpaired) electrons. The van der Waals surface area contributed by atoms with Gasteiger partial charge >= 0.3 is 0 Å². The van der Waals surface area contributed by atoms with E-state index in [1.807, 2.05) is 20.8 Å². The molecule has 0 aromatic carbocycles. The molecular weight excluding hydrogens is 1940 g/mol. The lowest BCUT2D eigenvalue weighted by molar-refractivity contribution is -0.109. The standard InChI is InChI=1S/C21H40N3O4PSi.C16H28N3O3P.4C15H26N3O3P/c1-14-23-19(22)15(13-27-30(8,9)21(2,3)4)12-24(14)20-18(26)17(25)16(28-20)10-11-29(5,6)7;1-6-11-9-19(10(2)18-15(11)17)16-14(21)13(20)12(22-16)7-8-23(3,4)5;2*1-10-17-12(16)6-8-18(10)14-15(2,20)13(19)11(21-14)7-9-22(3,4)5;1-10-17-11(16)6-8-18(10)14-12(19)13(20)15(2,21-14)7-9-22(3,4)5;1-9-8-18(10(2)17-14(9)16)15-13(20)12(19)11(21-15)6-7-22(3,4)5/h12,16-18,20,25-26H,1,5,10-11,13H2,2-4,6-9H3,(H2,22,23);9,12-14,16,20-21H,2-3,6-8H2,1,4-5H3,(H2,17,18);2*6,8,11,13-14,19-20H,1,3,7,9H2,2,4-5H3,(H2,16,17);6,8,12-14,19-20H,1,3,7,9H2,2,4-5H3,(H2,16,17);8,11-13,15,19-20H,2-3,6-7H2,1,4-5H3,(H2,16,17)/t16-,17-,18-,20?;12-,13-,14-,16?;11-,13-,14?,15+;11-,13-,14?,15-;12-,13+,14?,15-;11-,12-,13-,15?/m111111/s1. The third-order valence-corrected chi connectivity index (χ3v) is 39.6. The summed E-state index contributed by atoms with van der Waals surface area (Å²) in [6.45, 7) is 61.4. The van der Waals surface area contributed by atoms with Crippen LogP contribution in [-0.2, 0) is 32.8 Å². The molecule has 12 rings (SSSR count). The number of rotatable bonds is 28. The molecule has 12 aliphatic heterocycles. The molecule has 0 aromatic rings. The first-order chi connectivity index (χ1) is 64.3. The van der Waals surface area contributed by atoms with Crippen LogP contribution >= 0.6 is 41.3 Å². The molecule has 6 fully saturated rings. The summed E-state index contributed by atoms with van der Waals surface area (Å²) in [5.41, 5.74) is 33.3. The molecule has 0 amide bonds. The van der Waals surface area contributed by atoms with Gasteiger partial charge in [-0.25, -0.2) is 30.0 Å². The van der Waals surface area contributed by atoms with Crippen molar-refractivity contribution in [2.24, 2.45) is 64.4 Å². The van der Waals surface area contributed by atoms with Crippen molar-refractivity contribution in [2.75, 3.05) is 124 Å². The molecule has 141 heavy (non-hydrogen) atoms. The zero-order valence-electron chi connectivity index (χ0n) is 87.4. The van der Waals surface area contributed by atoms with Crippen molar-refractivity contribution in [3.05, 3.63) is 147 Å². The zero-order valence-corrected chi connectivity index (χ0v) is 93.8. The second-order valence-corrected chi connectivity index (χ2v) is 75.2. The highest BCUT2D eigenvalue weighted by Gasteiger charge is 2.58. The highest BCUT2D eigenvalue weighted by atomic mass is 31.2. The van der Waals surface area contributed by atoms with Crippen molar-refractivity contribution in [2.45, 2.75) is 264 Å². The van der Waals surface area contributed by atoms with Crippen LogP contribution in [0.2, 0.25) is 18.1 Å². The average molecular weight is 2110 g/mol. The summed E-state index contributed by atoms with van der Waals surface area (Å²) in [6.07, 6.45) is 33.7. The molecule has 0 spiro atoms. The van der Waals surface area contributed by atoms with Crippen LogP contribution in [0.1, 0.15) is 100 Å². The van der Waals surface area contributed by atoms with Gasteiger partial charge in [-0.15, -0.1) is 79.1 Å². The minimum absolute atomic E-state index is 0.0735. The Kier molecular flexibility index (Phi) is 41.4. The number of aliphatic imine (C=N–C) groups is 6. The Morgan fingerprint density at radius 3 is 0.993 bits per heavy atom. The van der Waals surface area contributed by atoms with E-state index in [-0.39, 0.29) is 5.04 Å². The van der Waals surface area contributed by atoms with Gasteiger partial charge in [0, 0.05) is 53.9 Å². The minimum atomic E-state index is -1.97. The van der Waals surface area contributed by atoms with Crippen LogP contribution in [0.3, 0.4) is 0 Å². The number of hydrogen-bond donors (Lipinski definition) is 18. The first-order valence-electron chi connectivity index (χ1n) is 47.3. The third kappa shape index (κ3) is 32.9. The Balaban J connectivity index is 0.000000231. The molecule has 0 aromatic heterocycles. The van der Waals surface area contributed by atoms with E-state index in [0.29, 0.717) is 127 Å². The second-order valence-electron chi connectivity index (χ2n) is 44.5. The van der Waals surface area contributed by atoms with E-state index in [1.165, 1.54) is 0 Å². The second kappa shape index (κ2) is 47.9. The van der Waals surface area contributed by atoms with Crippen molar-refractivity contribution >= 4 is 122 Å². The summed E-state index contributed by atoms with van der Waals surface area (Å²) in [5.74, 6) is 4.52. The van der Waals surface area contributed by atoms with Crippen LogP contribution in [0.5, 0.6) is 0 Å². The average Bonchev–Trinajstić information content (AvgIpc) is 1.61. The number of aliphatic hydroxyl groups excluding tert-OH is 10. The number of aliphatic hydroxyl groups is 12. The van der Waals surface area contributed by atoms with Crippen LogP contribution in [0.4, 0.5) is 0 Å². The molecule has 0 aliphatic carbocycles. The fourth-order valence-electron chi connectivity index (χ4n) is 16.2. The third-order valence-electron chi connectivity index (χ3n) is 26.4. The monoisotopic (exact) mass is 2110 g/mol. The Bertz CT molecular complexity index is 5140. The molecule has 24 atom stereocenters. The molecule has 24 N–H and O–H groups in total. The normalized spacial score (nSPS) is 33.2. The van der Waals surface area contributed by atoms with E-state index in [2.05, 4.69) is 221 Å². The number of nitrogens with two attached hydrogens (primary N) is 6. The lowest BCUT2D eigenvalue weighted by atomic mass is 9.94. The molecular formula is C97H172N18O19P6Si. The summed E-state index contributed by atoms with van der Waals surface area (Å²) in [5, 5.41) is 125. The predicted octanol–water partition coefficient (Wildman–Crippen LogP) is 5.87. The molecule has 798 valence electrons. The van der Waals surface area contributed by atoms with Crippen molar-refractivity contribution in [3.63, 3.8) is 0 Å². The van der Waals surface area contributed by atoms with Gasteiger partial charge in [-0.05, 0) is 226 Å². The van der Waals surface area contributed by atoms with Crippen LogP contribution in [-0.4, -0.2) is 441 Å². The lowest BCUT2D eigenvalue weighted by Crippen LogP contribution is -2.51. The van der Waals surface area contributed by atoms with E-state index >= 15 is 0 Å². The molecule has 6 unspecified atom stereocenters. The molecule has 0 saturated carbocycles. The van der Waals surface area contributed by atoms with Gasteiger partial charge in [0.2, 0.25) is 0 Å². The predicted molar refractivity (Wildman–Crippen MR) is 597 cm³/mol. The van der Waals surface area contributed by atoms with E-state index in [4.69, 9.17) is 67.2 Å². The first kappa shape index (κ1) is 122. The van der Waals surface area contributed by atoms with Gasteiger partial charge in [0.05, 0.1) is 42.7 Å². The Morgan fingerprint density at radius 2 is 0.681 bits per heavy atom. The van der Waals surface area contributed by atoms with Crippen LogP contribution in [0, 0.1) is 0 Å². The summed E-state index contributed by atoms with van der Waals surface area (Å²) < 4.78 is 42.0. The summed E-state index contributed by atoms with van der Waals surface area (Å²) in [4.78, 5) is 34.6. The summed E-state index contributed by atoms with van der Waals surface area (Å²) >= 11 is 0. The topological polar surface area (TPSA) is 557 Å². The van der Waals surface area contributed by atoms with Crippen LogP contribution < -0.4 is 34.4 Å². The highest BCUT2D eigenvalue weighted by Crippen LogP contribution is 2.49. The van der Waals surface area contributed by atoms with Crippen LogP contribution in [0.25, 0.3) is 0 Å². The molecule has 6 saturated heterocycles. The summed E-state index contributed by atoms with van der Waals surface area (Å²) in [7, 11) is -1.97. The van der Waals surface area contributed by atoms with Crippen molar-refractivity contribution in [1.29, 1.82) is 0 Å². The smallest absolute Gasteiger partial charge is 0.192 e. The van der Waals surface area contributed by atoms with Gasteiger partial charge in [0.15, 0.2) is 45.7 Å². The molecule has 0 bridgehead atoms. The molecule has 44 heteroatoms. The van der Waals surface area contributed by atoms with Crippen molar-refractivity contribution < 1.29 is 94.1 Å². The maximum Gasteiger partial charge on any atom is 0.192 e. The highest BCUT2D eigenvalue weighted by molar-refractivity contribution is 7.73. The largest absolute Gasteiger partial charge is 0.412 e.